The third-order valence-electron chi connectivity index (χ3n) is 6.58. The molecule has 0 spiro atoms. The van der Waals surface area contributed by atoms with Gasteiger partial charge in [-0.2, -0.15) is 0 Å². The molecule has 1 heterocycles. The second-order valence-corrected chi connectivity index (χ2v) is 7.57. The zero-order chi connectivity index (χ0) is 15.5. The first-order valence-corrected chi connectivity index (χ1v) is 8.45. The van der Waals surface area contributed by atoms with Crippen molar-refractivity contribution in [2.45, 2.75) is 44.1 Å². The lowest BCUT2D eigenvalue weighted by molar-refractivity contribution is -0.132. The number of likely N-dealkylation sites (N-methyl/N-ethyl adjacent to an activating group) is 1. The molecule has 2 fully saturated rings. The van der Waals surface area contributed by atoms with Crippen LogP contribution in [-0.2, 0) is 16.6 Å². The van der Waals surface area contributed by atoms with Crippen molar-refractivity contribution in [1.29, 1.82) is 0 Å². The number of ketones is 1. The highest BCUT2D eigenvalue weighted by Crippen LogP contribution is 2.56. The summed E-state index contributed by atoms with van der Waals surface area (Å²) in [6.07, 6.45) is 3.99. The van der Waals surface area contributed by atoms with Crippen molar-refractivity contribution in [2.24, 2.45) is 11.8 Å². The van der Waals surface area contributed by atoms with Crippen molar-refractivity contribution in [3.63, 3.8) is 0 Å². The van der Waals surface area contributed by atoms with Crippen LogP contribution in [0.25, 0.3) is 0 Å². The summed E-state index contributed by atoms with van der Waals surface area (Å²) < 4.78 is 5.47. The van der Waals surface area contributed by atoms with Gasteiger partial charge < -0.3 is 9.64 Å². The quantitative estimate of drug-likeness (QED) is 0.798. The Labute approximate surface area is 132 Å². The molecule has 1 saturated heterocycles. The Morgan fingerprint density at radius 3 is 2.95 bits per heavy atom. The molecule has 0 amide bonds. The van der Waals surface area contributed by atoms with Crippen LogP contribution < -0.4 is 4.74 Å². The van der Waals surface area contributed by atoms with Gasteiger partial charge in [-0.05, 0) is 62.0 Å². The van der Waals surface area contributed by atoms with Gasteiger partial charge in [0.15, 0.2) is 0 Å². The first kappa shape index (κ1) is 14.3. The Hall–Kier alpha value is -1.35. The highest BCUT2D eigenvalue weighted by atomic mass is 16.5. The molecule has 3 aliphatic rings. The van der Waals surface area contributed by atoms with E-state index in [2.05, 4.69) is 37.1 Å². The predicted molar refractivity (Wildman–Crippen MR) is 86.3 cm³/mol. The number of methoxy groups -OCH3 is 1. The Morgan fingerprint density at radius 1 is 1.36 bits per heavy atom. The van der Waals surface area contributed by atoms with Crippen LogP contribution in [0.4, 0.5) is 0 Å². The Bertz CT molecular complexity index is 626. The molecule has 3 nitrogen and oxygen atoms in total. The van der Waals surface area contributed by atoms with Crippen LogP contribution in [0.3, 0.4) is 0 Å². The largest absolute Gasteiger partial charge is 0.497 e. The fourth-order valence-corrected chi connectivity index (χ4v) is 5.28. The smallest absolute Gasteiger partial charge is 0.136 e. The van der Waals surface area contributed by atoms with Crippen LogP contribution in [0.2, 0.25) is 0 Å². The lowest BCUT2D eigenvalue weighted by Crippen LogP contribution is -2.61. The van der Waals surface area contributed by atoms with Crippen LogP contribution in [0, 0.1) is 11.8 Å². The monoisotopic (exact) mass is 299 g/mol. The van der Waals surface area contributed by atoms with Gasteiger partial charge in [0.1, 0.15) is 11.5 Å². The third kappa shape index (κ3) is 1.81. The number of rotatable bonds is 1. The average molecular weight is 299 g/mol. The Kier molecular flexibility index (Phi) is 3.12. The summed E-state index contributed by atoms with van der Waals surface area (Å²) in [4.78, 5) is 15.1. The maximum absolute atomic E-state index is 12.5. The summed E-state index contributed by atoms with van der Waals surface area (Å²) in [5, 5.41) is 0. The van der Waals surface area contributed by atoms with Gasteiger partial charge in [0.05, 0.1) is 7.11 Å². The van der Waals surface area contributed by atoms with E-state index in [4.69, 9.17) is 4.74 Å². The fraction of sp³-hybridized carbons (Fsp3) is 0.632. The number of likely N-dealkylation sites (tertiary alicyclic amines) is 1. The standard InChI is InChI=1S/C19H25NO2/c1-12-8-16-17-9-13-4-5-14(22-3)10-15(13)19(16,11-18(12)21)6-7-20(17)2/h4-5,10,12,16-17H,6-9,11H2,1-3H3/t12-,16-,17?,19?/m1/s1. The number of hydrogen-bond donors (Lipinski definition) is 0. The first-order chi connectivity index (χ1) is 10.5. The second-order valence-electron chi connectivity index (χ2n) is 7.57. The van der Waals surface area contributed by atoms with Crippen molar-refractivity contribution in [3.05, 3.63) is 29.3 Å². The molecule has 1 aromatic carbocycles. The van der Waals surface area contributed by atoms with Crippen LogP contribution in [0.1, 0.15) is 37.3 Å². The van der Waals surface area contributed by atoms with Crippen LogP contribution in [0.15, 0.2) is 18.2 Å². The van der Waals surface area contributed by atoms with E-state index < -0.39 is 0 Å². The Balaban J connectivity index is 1.89. The number of carbonyl (C=O) groups excluding carboxylic acids is 1. The second kappa shape index (κ2) is 4.82. The summed E-state index contributed by atoms with van der Waals surface area (Å²) in [6, 6.07) is 7.09. The molecule has 1 aromatic rings. The molecule has 3 heteroatoms. The van der Waals surface area contributed by atoms with Gasteiger partial charge >= 0.3 is 0 Å². The van der Waals surface area contributed by atoms with E-state index in [1.807, 2.05) is 0 Å². The van der Waals surface area contributed by atoms with Gasteiger partial charge in [-0.15, -0.1) is 0 Å². The summed E-state index contributed by atoms with van der Waals surface area (Å²) >= 11 is 0. The third-order valence-corrected chi connectivity index (χ3v) is 6.58. The lowest BCUT2D eigenvalue weighted by Gasteiger charge is -2.58. The van der Waals surface area contributed by atoms with E-state index in [0.29, 0.717) is 17.7 Å². The van der Waals surface area contributed by atoms with Crippen molar-refractivity contribution < 1.29 is 9.53 Å². The predicted octanol–water partition coefficient (Wildman–Crippen LogP) is 2.81. The lowest BCUT2D eigenvalue weighted by atomic mass is 9.51. The minimum atomic E-state index is 0.0584. The summed E-state index contributed by atoms with van der Waals surface area (Å²) in [7, 11) is 3.98. The molecule has 2 bridgehead atoms. The van der Waals surface area contributed by atoms with Crippen molar-refractivity contribution in [3.8, 4) is 5.75 Å². The number of Topliss-reactive ketones (excluding diaryl/α,β-unsaturated/α-hetero) is 1. The highest BCUT2D eigenvalue weighted by Gasteiger charge is 2.56. The SMILES string of the molecule is COc1ccc2c(c1)C13CCN(C)C(C2)[C@H]1C[C@@H](C)C(=O)C3. The zero-order valence-corrected chi connectivity index (χ0v) is 13.8. The first-order valence-electron chi connectivity index (χ1n) is 8.45. The minimum Gasteiger partial charge on any atom is -0.497 e. The van der Waals surface area contributed by atoms with E-state index >= 15 is 0 Å². The van der Waals surface area contributed by atoms with Crippen LogP contribution >= 0.6 is 0 Å². The molecule has 2 aliphatic carbocycles. The summed E-state index contributed by atoms with van der Waals surface area (Å²) in [5.74, 6) is 2.21. The molecular formula is C19H25NO2. The number of hydrogen-bond acceptors (Lipinski definition) is 3. The van der Waals surface area contributed by atoms with Crippen molar-refractivity contribution >= 4 is 5.78 Å². The molecule has 2 unspecified atom stereocenters. The molecule has 0 radical (unpaired) electrons. The number of benzene rings is 1. The fourth-order valence-electron chi connectivity index (χ4n) is 5.28. The molecule has 118 valence electrons. The number of piperidine rings is 1. The van der Waals surface area contributed by atoms with E-state index in [-0.39, 0.29) is 11.3 Å². The number of nitrogens with zero attached hydrogens (tertiary/aromatic N) is 1. The molecule has 1 aliphatic heterocycles. The summed E-state index contributed by atoms with van der Waals surface area (Å²) in [6.45, 7) is 3.21. The topological polar surface area (TPSA) is 29.5 Å². The maximum atomic E-state index is 12.5. The van der Waals surface area contributed by atoms with E-state index in [1.165, 1.54) is 11.1 Å². The molecule has 4 rings (SSSR count). The zero-order valence-electron chi connectivity index (χ0n) is 13.8. The Morgan fingerprint density at radius 2 is 2.18 bits per heavy atom. The highest BCUT2D eigenvalue weighted by molar-refractivity contribution is 5.83. The molecule has 0 aromatic heterocycles. The number of fused-ring (bicyclic) bond motifs is 1. The van der Waals surface area contributed by atoms with Gasteiger partial charge in [0.2, 0.25) is 0 Å². The minimum absolute atomic E-state index is 0.0584. The molecule has 0 N–H and O–H groups in total. The van der Waals surface area contributed by atoms with E-state index in [1.54, 1.807) is 7.11 Å². The van der Waals surface area contributed by atoms with E-state index in [9.17, 15) is 4.79 Å². The van der Waals surface area contributed by atoms with Crippen LogP contribution in [0.5, 0.6) is 5.75 Å². The number of carbonyl (C=O) groups is 1. The van der Waals surface area contributed by atoms with Gasteiger partial charge in [0.25, 0.3) is 0 Å². The number of ether oxygens (including phenoxy) is 1. The average Bonchev–Trinajstić information content (AvgIpc) is 2.52. The van der Waals surface area contributed by atoms with Crippen molar-refractivity contribution in [1.82, 2.24) is 4.90 Å². The molecule has 1 saturated carbocycles. The summed E-state index contributed by atoms with van der Waals surface area (Å²) in [5.41, 5.74) is 2.89. The van der Waals surface area contributed by atoms with Gasteiger partial charge in [-0.1, -0.05) is 13.0 Å². The van der Waals surface area contributed by atoms with Gasteiger partial charge in [-0.25, -0.2) is 0 Å². The van der Waals surface area contributed by atoms with Crippen LogP contribution in [-0.4, -0.2) is 37.4 Å². The van der Waals surface area contributed by atoms with E-state index in [0.717, 1.165) is 38.0 Å². The van der Waals surface area contributed by atoms with Gasteiger partial charge in [0, 0.05) is 23.8 Å². The van der Waals surface area contributed by atoms with Crippen molar-refractivity contribution in [2.75, 3.05) is 20.7 Å². The normalized spacial score (nSPS) is 37.4. The molecule has 4 atom stereocenters. The van der Waals surface area contributed by atoms with Gasteiger partial charge in [-0.3, -0.25) is 4.79 Å². The maximum Gasteiger partial charge on any atom is 0.136 e. The molecular weight excluding hydrogens is 274 g/mol. The molecule has 22 heavy (non-hydrogen) atoms.